The molecule has 0 aromatic carbocycles. The Labute approximate surface area is 107 Å². The van der Waals surface area contributed by atoms with Crippen LogP contribution < -0.4 is 5.32 Å². The number of hydrogen-bond acceptors (Lipinski definition) is 3. The standard InChI is InChI=1S/C13H20N4O/c1-9-3-6-17(7-4-9)13(18)12-10-8-14-5-2-11(10)15-16-12/h9,14H,2-8H2,1H3,(H,15,16). The summed E-state index contributed by atoms with van der Waals surface area (Å²) in [7, 11) is 0. The molecule has 0 aliphatic carbocycles. The lowest BCUT2D eigenvalue weighted by Gasteiger charge is -2.30. The average Bonchev–Trinajstić information content (AvgIpc) is 2.82. The van der Waals surface area contributed by atoms with E-state index in [1.54, 1.807) is 0 Å². The summed E-state index contributed by atoms with van der Waals surface area (Å²) in [5, 5.41) is 10.6. The monoisotopic (exact) mass is 248 g/mol. The molecule has 0 unspecified atom stereocenters. The van der Waals surface area contributed by atoms with E-state index in [1.165, 1.54) is 0 Å². The third-order valence-corrected chi connectivity index (χ3v) is 4.08. The molecule has 2 aliphatic rings. The molecule has 1 aromatic rings. The molecular weight excluding hydrogens is 228 g/mol. The van der Waals surface area contributed by atoms with Crippen LogP contribution in [0.3, 0.4) is 0 Å². The Balaban J connectivity index is 1.78. The van der Waals surface area contributed by atoms with Gasteiger partial charge in [0.15, 0.2) is 5.69 Å². The highest BCUT2D eigenvalue weighted by Crippen LogP contribution is 2.21. The van der Waals surface area contributed by atoms with E-state index in [0.717, 1.165) is 62.6 Å². The van der Waals surface area contributed by atoms with Crippen molar-refractivity contribution in [2.45, 2.75) is 32.7 Å². The van der Waals surface area contributed by atoms with Crippen LogP contribution in [0.5, 0.6) is 0 Å². The van der Waals surface area contributed by atoms with Crippen LogP contribution in [0, 0.1) is 5.92 Å². The molecule has 0 saturated carbocycles. The van der Waals surface area contributed by atoms with Gasteiger partial charge in [-0.25, -0.2) is 0 Å². The molecular formula is C13H20N4O. The molecule has 1 saturated heterocycles. The number of nitrogens with one attached hydrogen (secondary N) is 2. The van der Waals surface area contributed by atoms with Crippen molar-refractivity contribution in [1.29, 1.82) is 0 Å². The number of fused-ring (bicyclic) bond motifs is 1. The number of rotatable bonds is 1. The van der Waals surface area contributed by atoms with Gasteiger partial charge in [-0.1, -0.05) is 6.92 Å². The molecule has 3 rings (SSSR count). The van der Waals surface area contributed by atoms with Gasteiger partial charge in [-0.3, -0.25) is 9.89 Å². The molecule has 1 aromatic heterocycles. The first-order valence-electron chi connectivity index (χ1n) is 6.82. The van der Waals surface area contributed by atoms with E-state index < -0.39 is 0 Å². The number of piperidine rings is 1. The normalized spacial score (nSPS) is 20.8. The fraction of sp³-hybridized carbons (Fsp3) is 0.692. The fourth-order valence-electron chi connectivity index (χ4n) is 2.76. The smallest absolute Gasteiger partial charge is 0.274 e. The maximum absolute atomic E-state index is 12.5. The lowest BCUT2D eigenvalue weighted by Crippen LogP contribution is -2.39. The molecule has 0 spiro atoms. The van der Waals surface area contributed by atoms with Crippen molar-refractivity contribution < 1.29 is 4.79 Å². The van der Waals surface area contributed by atoms with Crippen molar-refractivity contribution in [1.82, 2.24) is 20.4 Å². The van der Waals surface area contributed by atoms with Gasteiger partial charge in [0.25, 0.3) is 5.91 Å². The van der Waals surface area contributed by atoms with Crippen LogP contribution in [-0.4, -0.2) is 40.6 Å². The lowest BCUT2D eigenvalue weighted by atomic mass is 9.98. The van der Waals surface area contributed by atoms with Crippen molar-refractivity contribution >= 4 is 5.91 Å². The topological polar surface area (TPSA) is 61.0 Å². The lowest BCUT2D eigenvalue weighted by molar-refractivity contribution is 0.0690. The molecule has 2 N–H and O–H groups in total. The molecule has 5 nitrogen and oxygen atoms in total. The molecule has 0 radical (unpaired) electrons. The SMILES string of the molecule is CC1CCN(C(=O)c2n[nH]c3c2CNCC3)CC1. The third kappa shape index (κ3) is 2.03. The molecule has 1 fully saturated rings. The number of carbonyl (C=O) groups excluding carboxylic acids is 1. The number of likely N-dealkylation sites (tertiary alicyclic amines) is 1. The van der Waals surface area contributed by atoms with Gasteiger partial charge in [0.2, 0.25) is 0 Å². The van der Waals surface area contributed by atoms with E-state index in [-0.39, 0.29) is 5.91 Å². The summed E-state index contributed by atoms with van der Waals surface area (Å²) in [6.45, 7) is 5.72. The average molecular weight is 248 g/mol. The van der Waals surface area contributed by atoms with Crippen LogP contribution in [0.4, 0.5) is 0 Å². The van der Waals surface area contributed by atoms with Gasteiger partial charge in [0.05, 0.1) is 0 Å². The summed E-state index contributed by atoms with van der Waals surface area (Å²) in [6, 6.07) is 0. The zero-order valence-corrected chi connectivity index (χ0v) is 10.8. The second-order valence-electron chi connectivity index (χ2n) is 5.43. The first-order chi connectivity index (χ1) is 8.75. The Morgan fingerprint density at radius 2 is 2.17 bits per heavy atom. The first-order valence-corrected chi connectivity index (χ1v) is 6.82. The predicted molar refractivity (Wildman–Crippen MR) is 68.3 cm³/mol. The minimum Gasteiger partial charge on any atom is -0.337 e. The van der Waals surface area contributed by atoms with Crippen LogP contribution in [-0.2, 0) is 13.0 Å². The van der Waals surface area contributed by atoms with E-state index in [4.69, 9.17) is 0 Å². The summed E-state index contributed by atoms with van der Waals surface area (Å²) in [4.78, 5) is 14.4. The van der Waals surface area contributed by atoms with E-state index in [1.807, 2.05) is 4.90 Å². The number of aromatic amines is 1. The van der Waals surface area contributed by atoms with Gasteiger partial charge < -0.3 is 10.2 Å². The number of aromatic nitrogens is 2. The number of hydrogen-bond donors (Lipinski definition) is 2. The largest absolute Gasteiger partial charge is 0.337 e. The second kappa shape index (κ2) is 4.72. The van der Waals surface area contributed by atoms with Crippen LogP contribution in [0.25, 0.3) is 0 Å². The number of carbonyl (C=O) groups is 1. The predicted octanol–water partition coefficient (Wildman–Crippen LogP) is 0.927. The van der Waals surface area contributed by atoms with Crippen molar-refractivity contribution in [2.24, 2.45) is 5.92 Å². The fourth-order valence-corrected chi connectivity index (χ4v) is 2.76. The van der Waals surface area contributed by atoms with Crippen LogP contribution in [0.15, 0.2) is 0 Å². The van der Waals surface area contributed by atoms with Crippen LogP contribution in [0.2, 0.25) is 0 Å². The summed E-state index contributed by atoms with van der Waals surface area (Å²) in [5.41, 5.74) is 2.83. The molecule has 1 amide bonds. The maximum atomic E-state index is 12.5. The maximum Gasteiger partial charge on any atom is 0.274 e. The van der Waals surface area contributed by atoms with Gasteiger partial charge >= 0.3 is 0 Å². The molecule has 0 atom stereocenters. The molecule has 3 heterocycles. The first kappa shape index (κ1) is 11.7. The summed E-state index contributed by atoms with van der Waals surface area (Å²) in [6.07, 6.45) is 3.15. The molecule has 5 heteroatoms. The van der Waals surface area contributed by atoms with Gasteiger partial charge in [0.1, 0.15) is 0 Å². The zero-order chi connectivity index (χ0) is 12.5. The number of amides is 1. The van der Waals surface area contributed by atoms with E-state index in [9.17, 15) is 4.79 Å². The minimum atomic E-state index is 0.100. The number of nitrogens with zero attached hydrogens (tertiary/aromatic N) is 2. The van der Waals surface area contributed by atoms with Crippen molar-refractivity contribution in [3.8, 4) is 0 Å². The quantitative estimate of drug-likeness (QED) is 0.777. The van der Waals surface area contributed by atoms with Gasteiger partial charge in [0, 0.05) is 43.9 Å². The zero-order valence-electron chi connectivity index (χ0n) is 10.8. The Morgan fingerprint density at radius 1 is 1.39 bits per heavy atom. The Morgan fingerprint density at radius 3 is 2.94 bits per heavy atom. The number of H-pyrrole nitrogens is 1. The Kier molecular flexibility index (Phi) is 3.07. The summed E-state index contributed by atoms with van der Waals surface area (Å²) >= 11 is 0. The summed E-state index contributed by atoms with van der Waals surface area (Å²) < 4.78 is 0. The van der Waals surface area contributed by atoms with Gasteiger partial charge in [-0.2, -0.15) is 5.10 Å². The van der Waals surface area contributed by atoms with Crippen molar-refractivity contribution in [2.75, 3.05) is 19.6 Å². The van der Waals surface area contributed by atoms with E-state index in [2.05, 4.69) is 22.4 Å². The molecule has 18 heavy (non-hydrogen) atoms. The van der Waals surface area contributed by atoms with Crippen molar-refractivity contribution in [3.63, 3.8) is 0 Å². The molecule has 98 valence electrons. The highest BCUT2D eigenvalue weighted by Gasteiger charge is 2.27. The highest BCUT2D eigenvalue weighted by atomic mass is 16.2. The molecule has 0 bridgehead atoms. The molecule has 2 aliphatic heterocycles. The Hall–Kier alpha value is -1.36. The third-order valence-electron chi connectivity index (χ3n) is 4.08. The minimum absolute atomic E-state index is 0.100. The van der Waals surface area contributed by atoms with Crippen LogP contribution >= 0.6 is 0 Å². The van der Waals surface area contributed by atoms with E-state index in [0.29, 0.717) is 5.69 Å². The van der Waals surface area contributed by atoms with Gasteiger partial charge in [-0.15, -0.1) is 0 Å². The van der Waals surface area contributed by atoms with Crippen LogP contribution in [0.1, 0.15) is 41.5 Å². The Bertz CT molecular complexity index is 446. The van der Waals surface area contributed by atoms with Gasteiger partial charge in [-0.05, 0) is 18.8 Å². The van der Waals surface area contributed by atoms with Crippen molar-refractivity contribution in [3.05, 3.63) is 17.0 Å². The second-order valence-corrected chi connectivity index (χ2v) is 5.43. The highest BCUT2D eigenvalue weighted by molar-refractivity contribution is 5.94. The van der Waals surface area contributed by atoms with E-state index >= 15 is 0 Å². The summed E-state index contributed by atoms with van der Waals surface area (Å²) in [5.74, 6) is 0.840.